The number of nitrogens with zero attached hydrogens (tertiary/aromatic N) is 4. The minimum Gasteiger partial charge on any atom is -0.317 e. The number of nitrogens with one attached hydrogen (secondary N) is 1. The molecule has 0 fully saturated rings. The zero-order valence-corrected chi connectivity index (χ0v) is 17.3. The lowest BCUT2D eigenvalue weighted by atomic mass is 10.1. The van der Waals surface area contributed by atoms with Crippen LogP contribution in [0.3, 0.4) is 0 Å². The number of unbranched alkanes of at least 4 members (excludes halogenated alkanes) is 1. The molecule has 6 nitrogen and oxygen atoms in total. The van der Waals surface area contributed by atoms with Crippen molar-refractivity contribution in [2.75, 3.05) is 0 Å². The fourth-order valence-corrected chi connectivity index (χ4v) is 4.11. The molecule has 2 aliphatic heterocycles. The first-order valence-electron chi connectivity index (χ1n) is 9.62. The van der Waals surface area contributed by atoms with Crippen LogP contribution in [0.15, 0.2) is 58.3 Å². The van der Waals surface area contributed by atoms with Gasteiger partial charge in [-0.15, -0.1) is 0 Å². The number of alkyl halides is 3. The van der Waals surface area contributed by atoms with Crippen LogP contribution in [0, 0.1) is 5.41 Å². The number of hydrogen-bond donors (Lipinski definition) is 1. The zero-order chi connectivity index (χ0) is 22.2. The van der Waals surface area contributed by atoms with E-state index in [4.69, 9.17) is 5.41 Å². The number of thioether (sulfide) groups is 1. The molecule has 2 aliphatic rings. The van der Waals surface area contributed by atoms with Crippen LogP contribution in [0.2, 0.25) is 0 Å². The number of carbonyl (C=O) groups is 1. The number of aromatic nitrogens is 1. The summed E-state index contributed by atoms with van der Waals surface area (Å²) >= 11 is 1.28. The van der Waals surface area contributed by atoms with Gasteiger partial charge in [-0.2, -0.15) is 28.3 Å². The predicted molar refractivity (Wildman–Crippen MR) is 115 cm³/mol. The minimum absolute atomic E-state index is 0.0248. The fourth-order valence-electron chi connectivity index (χ4n) is 3.19. The number of carbonyl (C=O) groups excluding carboxylic acids is 1. The van der Waals surface area contributed by atoms with Gasteiger partial charge in [0.1, 0.15) is 5.04 Å². The second kappa shape index (κ2) is 8.18. The standard InChI is InChI=1S/C21H18F3N5OS/c1-2-3-9-17-27-29-18(25)16(19(30)26-20(29)31-17)12-15-8-5-10-28(15)14-7-4-6-13(11-14)21(22,23)24/h4-8,10-12,25H,2-3,9H2,1H3/b16-12+,25-18?. The molecule has 160 valence electrons. The molecule has 2 aromatic rings. The van der Waals surface area contributed by atoms with E-state index in [0.717, 1.165) is 36.4 Å². The van der Waals surface area contributed by atoms with E-state index in [2.05, 4.69) is 17.0 Å². The average molecular weight is 445 g/mol. The van der Waals surface area contributed by atoms with Gasteiger partial charge in [-0.05, 0) is 61.0 Å². The zero-order valence-electron chi connectivity index (χ0n) is 16.5. The van der Waals surface area contributed by atoms with E-state index in [-0.39, 0.29) is 11.4 Å². The molecule has 3 heterocycles. The molecule has 1 aromatic carbocycles. The summed E-state index contributed by atoms with van der Waals surface area (Å²) in [5, 5.41) is 15.3. The Kier molecular flexibility index (Phi) is 5.57. The molecule has 0 saturated heterocycles. The van der Waals surface area contributed by atoms with Crippen molar-refractivity contribution in [1.29, 1.82) is 5.41 Å². The van der Waals surface area contributed by atoms with Crippen LogP contribution in [0.4, 0.5) is 13.2 Å². The topological polar surface area (TPSA) is 73.8 Å². The summed E-state index contributed by atoms with van der Waals surface area (Å²) in [6.07, 6.45) is 1.28. The van der Waals surface area contributed by atoms with E-state index in [1.807, 2.05) is 0 Å². The second-order valence-electron chi connectivity index (χ2n) is 6.97. The summed E-state index contributed by atoms with van der Waals surface area (Å²) in [5.74, 6) is -0.682. The van der Waals surface area contributed by atoms with E-state index in [0.29, 0.717) is 16.5 Å². The molecule has 0 unspecified atom stereocenters. The van der Waals surface area contributed by atoms with Crippen molar-refractivity contribution in [1.82, 2.24) is 9.58 Å². The van der Waals surface area contributed by atoms with E-state index in [1.165, 1.54) is 33.5 Å². The molecule has 31 heavy (non-hydrogen) atoms. The Labute approximate surface area is 180 Å². The maximum absolute atomic E-state index is 13.1. The van der Waals surface area contributed by atoms with Crippen molar-refractivity contribution >= 4 is 39.8 Å². The third kappa shape index (κ3) is 4.20. The summed E-state index contributed by atoms with van der Waals surface area (Å²) in [6, 6.07) is 8.22. The third-order valence-electron chi connectivity index (χ3n) is 4.76. The molecule has 0 bridgehead atoms. The SMILES string of the molecule is CCCCC1=NN2C(=N)/C(=C\c3cccn3-c3cccc(C(F)(F)F)c3)C(=O)N=C2S1. The van der Waals surface area contributed by atoms with Crippen LogP contribution < -0.4 is 0 Å². The Bertz CT molecular complexity index is 1150. The van der Waals surface area contributed by atoms with Crippen LogP contribution in [0.25, 0.3) is 11.8 Å². The van der Waals surface area contributed by atoms with Crippen LogP contribution >= 0.6 is 11.8 Å². The average Bonchev–Trinajstić information content (AvgIpc) is 3.36. The number of fused-ring (bicyclic) bond motifs is 1. The first-order valence-corrected chi connectivity index (χ1v) is 10.4. The maximum atomic E-state index is 13.1. The minimum atomic E-state index is -4.46. The number of halogens is 3. The van der Waals surface area contributed by atoms with Gasteiger partial charge in [-0.25, -0.2) is 0 Å². The number of benzene rings is 1. The molecular weight excluding hydrogens is 427 g/mol. The Morgan fingerprint density at radius 3 is 2.77 bits per heavy atom. The molecule has 1 aromatic heterocycles. The highest BCUT2D eigenvalue weighted by Crippen LogP contribution is 2.32. The molecule has 0 aliphatic carbocycles. The van der Waals surface area contributed by atoms with Gasteiger partial charge in [0.2, 0.25) is 5.17 Å². The Morgan fingerprint density at radius 1 is 1.23 bits per heavy atom. The van der Waals surface area contributed by atoms with Crippen molar-refractivity contribution in [2.24, 2.45) is 10.1 Å². The number of aliphatic imine (C=N–C) groups is 1. The van der Waals surface area contributed by atoms with Gasteiger partial charge in [-0.1, -0.05) is 19.4 Å². The highest BCUT2D eigenvalue weighted by atomic mass is 32.2. The molecule has 0 spiro atoms. The van der Waals surface area contributed by atoms with Crippen LogP contribution in [-0.2, 0) is 11.0 Å². The second-order valence-corrected chi connectivity index (χ2v) is 8.01. The van der Waals surface area contributed by atoms with Gasteiger partial charge in [0.25, 0.3) is 5.91 Å². The van der Waals surface area contributed by atoms with Gasteiger partial charge >= 0.3 is 6.18 Å². The van der Waals surface area contributed by atoms with Crippen LogP contribution in [0.1, 0.15) is 37.4 Å². The van der Waals surface area contributed by atoms with Gasteiger partial charge in [0.15, 0.2) is 5.84 Å². The molecule has 4 rings (SSSR count). The fraction of sp³-hybridized carbons (Fsp3) is 0.238. The van der Waals surface area contributed by atoms with Crippen molar-refractivity contribution < 1.29 is 18.0 Å². The molecule has 1 N–H and O–H groups in total. The third-order valence-corrected chi connectivity index (χ3v) is 5.73. The van der Waals surface area contributed by atoms with Crippen LogP contribution in [-0.4, -0.2) is 31.5 Å². The lowest BCUT2D eigenvalue weighted by molar-refractivity contribution is -0.137. The van der Waals surface area contributed by atoms with Crippen molar-refractivity contribution in [2.45, 2.75) is 32.4 Å². The van der Waals surface area contributed by atoms with E-state index in [9.17, 15) is 18.0 Å². The molecule has 0 saturated carbocycles. The molecule has 10 heteroatoms. The first-order chi connectivity index (χ1) is 14.8. The Morgan fingerprint density at radius 2 is 2.03 bits per heavy atom. The van der Waals surface area contributed by atoms with Gasteiger partial charge < -0.3 is 4.57 Å². The van der Waals surface area contributed by atoms with E-state index < -0.39 is 17.6 Å². The van der Waals surface area contributed by atoms with Gasteiger partial charge in [0, 0.05) is 17.6 Å². The number of amides is 1. The molecule has 0 radical (unpaired) electrons. The molecule has 0 atom stereocenters. The van der Waals surface area contributed by atoms with Crippen molar-refractivity contribution in [3.63, 3.8) is 0 Å². The van der Waals surface area contributed by atoms with Crippen molar-refractivity contribution in [3.8, 4) is 5.69 Å². The number of rotatable bonds is 5. The van der Waals surface area contributed by atoms with Gasteiger partial charge in [0.05, 0.1) is 11.1 Å². The lowest BCUT2D eigenvalue weighted by Crippen LogP contribution is -2.35. The maximum Gasteiger partial charge on any atom is 0.416 e. The molecular formula is C21H18F3N5OS. The quantitative estimate of drug-likeness (QED) is 0.635. The number of hydrogen-bond acceptors (Lipinski definition) is 4. The summed E-state index contributed by atoms with van der Waals surface area (Å²) in [6.45, 7) is 2.07. The van der Waals surface area contributed by atoms with Gasteiger partial charge in [-0.3, -0.25) is 10.2 Å². The highest BCUT2D eigenvalue weighted by molar-refractivity contribution is 8.26. The Hall–Kier alpha value is -3.14. The first kappa shape index (κ1) is 21.1. The molecule has 1 amide bonds. The van der Waals surface area contributed by atoms with Crippen molar-refractivity contribution in [3.05, 3.63) is 59.4 Å². The monoisotopic (exact) mass is 445 g/mol. The van der Waals surface area contributed by atoms with E-state index in [1.54, 1.807) is 24.4 Å². The van der Waals surface area contributed by atoms with E-state index >= 15 is 0 Å². The summed E-state index contributed by atoms with van der Waals surface area (Å²) in [7, 11) is 0. The Balaban J connectivity index is 1.67. The summed E-state index contributed by atoms with van der Waals surface area (Å²) < 4.78 is 40.8. The van der Waals surface area contributed by atoms with Crippen LogP contribution in [0.5, 0.6) is 0 Å². The number of amidine groups is 2. The summed E-state index contributed by atoms with van der Waals surface area (Å²) in [5.41, 5.74) is 0.00296. The number of hydrazone groups is 1. The lowest BCUT2D eigenvalue weighted by Gasteiger charge is -2.20. The predicted octanol–water partition coefficient (Wildman–Crippen LogP) is 5.31. The normalized spacial score (nSPS) is 17.8. The highest BCUT2D eigenvalue weighted by Gasteiger charge is 2.35. The largest absolute Gasteiger partial charge is 0.416 e. The summed E-state index contributed by atoms with van der Waals surface area (Å²) in [4.78, 5) is 16.6. The smallest absolute Gasteiger partial charge is 0.317 e.